The molecule has 1 aliphatic rings. The second-order valence-electron chi connectivity index (χ2n) is 16.4. The number of Topliss-reactive ketones (excluding diaryl/α,β-unsaturated/α-hetero) is 1. The van der Waals surface area contributed by atoms with E-state index in [2.05, 4.69) is 23.9 Å². The number of carbonyl (C=O) groups is 3. The Bertz CT molecular complexity index is 2450. The summed E-state index contributed by atoms with van der Waals surface area (Å²) in [5, 5.41) is 2.10. The fourth-order valence-electron chi connectivity index (χ4n) is 6.88. The Morgan fingerprint density at radius 1 is 0.708 bits per heavy atom. The highest BCUT2D eigenvalue weighted by Gasteiger charge is 2.50. The van der Waals surface area contributed by atoms with E-state index in [0.717, 1.165) is 94.5 Å². The molecule has 3 aromatic rings. The van der Waals surface area contributed by atoms with Crippen molar-refractivity contribution in [3.63, 3.8) is 0 Å². The van der Waals surface area contributed by atoms with Crippen molar-refractivity contribution in [3.8, 4) is 11.5 Å². The molecule has 3 N–H and O–H groups in total. The summed E-state index contributed by atoms with van der Waals surface area (Å²) in [6, 6.07) is 10.6. The number of ketones is 1. The molecule has 0 radical (unpaired) electrons. The first-order chi connectivity index (χ1) is 30.7. The zero-order chi connectivity index (χ0) is 48.0. The maximum atomic E-state index is 14.1. The van der Waals surface area contributed by atoms with Crippen LogP contribution in [-0.2, 0) is 44.5 Å². The van der Waals surface area contributed by atoms with Gasteiger partial charge in [-0.05, 0) is 80.3 Å². The Morgan fingerprint density at radius 3 is 1.80 bits per heavy atom. The van der Waals surface area contributed by atoms with Gasteiger partial charge in [0, 0.05) is 24.9 Å². The highest BCUT2D eigenvalue weighted by Crippen LogP contribution is 2.47. The summed E-state index contributed by atoms with van der Waals surface area (Å²) in [4.78, 5) is 38.4. The van der Waals surface area contributed by atoms with E-state index in [-0.39, 0.29) is 54.0 Å². The lowest BCUT2D eigenvalue weighted by molar-refractivity contribution is -0.138. The molecule has 0 bridgehead atoms. The number of unbranched alkanes of at least 4 members (excludes halogenated alkanes) is 10. The average molecular weight is 1000 g/mol. The van der Waals surface area contributed by atoms with Crippen molar-refractivity contribution in [3.05, 3.63) is 64.6 Å². The van der Waals surface area contributed by atoms with Gasteiger partial charge in [-0.2, -0.15) is 4.31 Å². The third-order valence-corrected chi connectivity index (χ3v) is 16.6. The maximum absolute atomic E-state index is 14.1. The SMILES string of the molecule is CCCCCCCCN(CCCCCCCC)S(=O)(=O)c1cc(Cl)c(NS(=O)(=O)c2ccc(OC)c(NC(=O)C(Oc3ccc(S(=O)(=O)NC(=O)CC)cc3)C(=O)C3(C)CC3)c2)cc1Cl. The molecule has 1 aliphatic carbocycles. The quantitative estimate of drug-likeness (QED) is 0.0440. The average Bonchev–Trinajstić information content (AvgIpc) is 4.02. The van der Waals surface area contributed by atoms with Crippen LogP contribution in [0.1, 0.15) is 124 Å². The number of carbonyl (C=O) groups excluding carboxylic acids is 3. The lowest BCUT2D eigenvalue weighted by Crippen LogP contribution is -2.43. The van der Waals surface area contributed by atoms with Crippen molar-refractivity contribution in [2.24, 2.45) is 5.41 Å². The summed E-state index contributed by atoms with van der Waals surface area (Å²) >= 11 is 13.2. The Morgan fingerprint density at radius 2 is 1.26 bits per heavy atom. The number of nitrogens with one attached hydrogen (secondary N) is 3. The van der Waals surface area contributed by atoms with Crippen LogP contribution < -0.4 is 24.2 Å². The molecule has 65 heavy (non-hydrogen) atoms. The Labute approximate surface area is 394 Å². The van der Waals surface area contributed by atoms with Crippen molar-refractivity contribution < 1.29 is 49.1 Å². The standard InChI is InChI=1S/C45H62Cl2N4O11S3/c1-6-9-11-13-15-17-27-51(28-18-16-14-12-10-7-2)65(59,60)40-31-35(46)37(30-36(40)47)49-64(57,58)34-23-24-39(61-5)38(29-34)48-44(54)42(43(53)45(4)25-26-45)62-32-19-21-33(22-20-32)63(55,56)50-41(52)8-3/h19-24,29-31,42,49H,6-18,25-28H2,1-5H3,(H,48,54)(H,50,52). The molecular weight excluding hydrogens is 940 g/mol. The van der Waals surface area contributed by atoms with Gasteiger partial charge in [-0.1, -0.05) is 115 Å². The molecule has 1 saturated carbocycles. The molecule has 4 rings (SSSR count). The minimum absolute atomic E-state index is 0.0336. The molecule has 1 atom stereocenters. The van der Waals surface area contributed by atoms with Gasteiger partial charge in [-0.3, -0.25) is 19.1 Å². The van der Waals surface area contributed by atoms with Crippen LogP contribution in [0.2, 0.25) is 10.0 Å². The Kier molecular flexibility index (Phi) is 20.0. The number of sulfonamides is 3. The summed E-state index contributed by atoms with van der Waals surface area (Å²) < 4.78 is 98.2. The first-order valence-corrected chi connectivity index (χ1v) is 27.3. The molecule has 0 aliphatic heterocycles. The fourth-order valence-corrected chi connectivity index (χ4v) is 11.4. The zero-order valence-corrected chi connectivity index (χ0v) is 41.7. The Hall–Kier alpha value is -3.94. The molecule has 0 aromatic heterocycles. The normalized spacial score (nSPS) is 14.1. The highest BCUT2D eigenvalue weighted by atomic mass is 35.5. The van der Waals surface area contributed by atoms with E-state index in [4.69, 9.17) is 32.7 Å². The van der Waals surface area contributed by atoms with Gasteiger partial charge in [0.25, 0.3) is 26.0 Å². The van der Waals surface area contributed by atoms with Crippen molar-refractivity contribution >= 4 is 82.2 Å². The van der Waals surface area contributed by atoms with Crippen molar-refractivity contribution in [1.82, 2.24) is 9.03 Å². The van der Waals surface area contributed by atoms with Gasteiger partial charge < -0.3 is 14.8 Å². The molecule has 1 fully saturated rings. The summed E-state index contributed by atoms with van der Waals surface area (Å²) in [7, 11) is -11.5. The Balaban J connectivity index is 1.56. The molecule has 0 spiro atoms. The predicted octanol–water partition coefficient (Wildman–Crippen LogP) is 9.48. The number of benzene rings is 3. The number of rotatable bonds is 29. The second kappa shape index (κ2) is 24.2. The number of nitrogens with zero attached hydrogens (tertiary/aromatic N) is 1. The van der Waals surface area contributed by atoms with Gasteiger partial charge in [0.05, 0.1) is 38.3 Å². The number of anilines is 2. The van der Waals surface area contributed by atoms with Crippen LogP contribution in [0.4, 0.5) is 11.4 Å². The zero-order valence-electron chi connectivity index (χ0n) is 37.7. The predicted molar refractivity (Wildman–Crippen MR) is 253 cm³/mol. The third-order valence-electron chi connectivity index (χ3n) is 11.2. The van der Waals surface area contributed by atoms with Crippen LogP contribution in [0.3, 0.4) is 0 Å². The minimum atomic E-state index is -4.50. The molecular formula is C45H62Cl2N4O11S3. The van der Waals surface area contributed by atoms with Gasteiger partial charge in [0.15, 0.2) is 5.78 Å². The first-order valence-electron chi connectivity index (χ1n) is 22.1. The molecule has 0 heterocycles. The number of hydrogen-bond donors (Lipinski definition) is 3. The van der Waals surface area contributed by atoms with Crippen LogP contribution in [0.15, 0.2) is 69.3 Å². The minimum Gasteiger partial charge on any atom is -0.495 e. The lowest BCUT2D eigenvalue weighted by Gasteiger charge is -2.23. The second-order valence-corrected chi connectivity index (χ2v) is 22.5. The van der Waals surface area contributed by atoms with Gasteiger partial charge in [-0.15, -0.1) is 0 Å². The van der Waals surface area contributed by atoms with Crippen LogP contribution in [-0.4, -0.2) is 73.5 Å². The van der Waals surface area contributed by atoms with E-state index >= 15 is 0 Å². The van der Waals surface area contributed by atoms with Crippen molar-refractivity contribution in [2.75, 3.05) is 30.2 Å². The van der Waals surface area contributed by atoms with E-state index < -0.39 is 59.2 Å². The largest absolute Gasteiger partial charge is 0.495 e. The summed E-state index contributed by atoms with van der Waals surface area (Å²) in [6.07, 6.45) is 10.9. The molecule has 15 nitrogen and oxygen atoms in total. The summed E-state index contributed by atoms with van der Waals surface area (Å²) in [5.41, 5.74) is -1.21. The number of ether oxygens (including phenoxy) is 2. The van der Waals surface area contributed by atoms with E-state index in [1.54, 1.807) is 6.92 Å². The lowest BCUT2D eigenvalue weighted by atomic mass is 9.98. The molecule has 360 valence electrons. The molecule has 0 saturated heterocycles. The van der Waals surface area contributed by atoms with E-state index in [1.807, 2.05) is 4.72 Å². The van der Waals surface area contributed by atoms with Gasteiger partial charge >= 0.3 is 0 Å². The van der Waals surface area contributed by atoms with Crippen LogP contribution in [0.25, 0.3) is 0 Å². The van der Waals surface area contributed by atoms with Gasteiger partial charge in [-0.25, -0.2) is 30.0 Å². The molecule has 1 unspecified atom stereocenters. The summed E-state index contributed by atoms with van der Waals surface area (Å²) in [6.45, 7) is 8.06. The van der Waals surface area contributed by atoms with Gasteiger partial charge in [0.2, 0.25) is 22.0 Å². The van der Waals surface area contributed by atoms with Crippen LogP contribution >= 0.6 is 23.2 Å². The van der Waals surface area contributed by atoms with E-state index in [0.29, 0.717) is 38.8 Å². The fraction of sp³-hybridized carbons (Fsp3) is 0.533. The van der Waals surface area contributed by atoms with Crippen LogP contribution in [0, 0.1) is 5.41 Å². The summed E-state index contributed by atoms with van der Waals surface area (Å²) in [5.74, 6) is -2.23. The van der Waals surface area contributed by atoms with Crippen LogP contribution in [0.5, 0.6) is 11.5 Å². The number of halogens is 2. The first kappa shape index (κ1) is 53.7. The topological polar surface area (TPSA) is 211 Å². The number of amides is 2. The molecule has 20 heteroatoms. The van der Waals surface area contributed by atoms with Gasteiger partial charge in [0.1, 0.15) is 16.4 Å². The third kappa shape index (κ3) is 15.0. The number of hydrogen-bond acceptors (Lipinski definition) is 11. The smallest absolute Gasteiger partial charge is 0.273 e. The number of methoxy groups -OCH3 is 1. The molecule has 3 aromatic carbocycles. The highest BCUT2D eigenvalue weighted by molar-refractivity contribution is 7.92. The molecule has 2 amide bonds. The monoisotopic (exact) mass is 1000 g/mol. The van der Waals surface area contributed by atoms with E-state index in [1.165, 1.54) is 42.6 Å². The van der Waals surface area contributed by atoms with Crippen molar-refractivity contribution in [2.45, 2.75) is 145 Å². The maximum Gasteiger partial charge on any atom is 0.273 e. The van der Waals surface area contributed by atoms with Crippen molar-refractivity contribution in [1.29, 1.82) is 0 Å². The van der Waals surface area contributed by atoms with E-state index in [9.17, 15) is 39.6 Å².